The van der Waals surface area contributed by atoms with Crippen LogP contribution in [0.3, 0.4) is 0 Å². The Morgan fingerprint density at radius 3 is 2.62 bits per heavy atom. The zero-order valence-corrected chi connectivity index (χ0v) is 9.56. The van der Waals surface area contributed by atoms with E-state index < -0.39 is 17.2 Å². The number of aliphatic hydroxyl groups is 1. The van der Waals surface area contributed by atoms with Crippen molar-refractivity contribution in [3.8, 4) is 0 Å². The Morgan fingerprint density at radius 1 is 1.38 bits per heavy atom. The van der Waals surface area contributed by atoms with Crippen molar-refractivity contribution < 1.29 is 13.9 Å². The van der Waals surface area contributed by atoms with Crippen molar-refractivity contribution in [1.82, 2.24) is 5.32 Å². The molecule has 90 valence electrons. The second kappa shape index (κ2) is 5.37. The van der Waals surface area contributed by atoms with Crippen LogP contribution in [-0.4, -0.2) is 18.2 Å². The molecular weight excluding hydrogens is 212 g/mol. The van der Waals surface area contributed by atoms with Gasteiger partial charge in [-0.1, -0.05) is 13.0 Å². The smallest absolute Gasteiger partial charge is 0.132 e. The van der Waals surface area contributed by atoms with Crippen molar-refractivity contribution in [3.05, 3.63) is 35.4 Å². The molecule has 0 fully saturated rings. The van der Waals surface area contributed by atoms with Gasteiger partial charge in [0.2, 0.25) is 0 Å². The highest BCUT2D eigenvalue weighted by Gasteiger charge is 2.26. The Hall–Kier alpha value is -1.00. The summed E-state index contributed by atoms with van der Waals surface area (Å²) in [4.78, 5) is 0. The summed E-state index contributed by atoms with van der Waals surface area (Å²) in [7, 11) is 0. The fraction of sp³-hybridized carbons (Fsp3) is 0.500. The molecule has 0 heterocycles. The zero-order valence-electron chi connectivity index (χ0n) is 9.56. The molecule has 0 amide bonds. The third-order valence-corrected chi connectivity index (χ3v) is 2.55. The molecule has 0 bridgehead atoms. The van der Waals surface area contributed by atoms with Crippen LogP contribution < -0.4 is 5.32 Å². The van der Waals surface area contributed by atoms with Crippen molar-refractivity contribution in [2.75, 3.05) is 13.1 Å². The molecule has 1 unspecified atom stereocenters. The van der Waals surface area contributed by atoms with Gasteiger partial charge in [-0.3, -0.25) is 0 Å². The van der Waals surface area contributed by atoms with E-state index >= 15 is 0 Å². The number of hydrogen-bond acceptors (Lipinski definition) is 2. The van der Waals surface area contributed by atoms with Crippen LogP contribution in [0.2, 0.25) is 0 Å². The lowest BCUT2D eigenvalue weighted by atomic mass is 9.92. The van der Waals surface area contributed by atoms with Gasteiger partial charge in [-0.25, -0.2) is 8.78 Å². The van der Waals surface area contributed by atoms with E-state index in [1.807, 2.05) is 6.92 Å². The van der Waals surface area contributed by atoms with E-state index in [4.69, 9.17) is 0 Å². The summed E-state index contributed by atoms with van der Waals surface area (Å²) >= 11 is 0. The van der Waals surface area contributed by atoms with Gasteiger partial charge in [-0.15, -0.1) is 0 Å². The van der Waals surface area contributed by atoms with Gasteiger partial charge >= 0.3 is 0 Å². The van der Waals surface area contributed by atoms with Gasteiger partial charge in [0, 0.05) is 11.6 Å². The molecule has 1 atom stereocenters. The second-order valence-electron chi connectivity index (χ2n) is 4.00. The van der Waals surface area contributed by atoms with E-state index in [1.165, 1.54) is 13.0 Å². The molecule has 0 aliphatic rings. The van der Waals surface area contributed by atoms with Crippen molar-refractivity contribution in [3.63, 3.8) is 0 Å². The van der Waals surface area contributed by atoms with Crippen LogP contribution in [0.25, 0.3) is 0 Å². The topological polar surface area (TPSA) is 32.3 Å². The SMILES string of the molecule is CCNCCC(C)(O)c1ccc(F)cc1F. The number of halogens is 2. The molecule has 0 spiro atoms. The largest absolute Gasteiger partial charge is 0.385 e. The first kappa shape index (κ1) is 13.1. The lowest BCUT2D eigenvalue weighted by Crippen LogP contribution is -2.28. The Balaban J connectivity index is 2.80. The Kier molecular flexibility index (Phi) is 4.38. The Labute approximate surface area is 94.3 Å². The fourth-order valence-electron chi connectivity index (χ4n) is 1.57. The predicted molar refractivity (Wildman–Crippen MR) is 59.1 cm³/mol. The van der Waals surface area contributed by atoms with Crippen molar-refractivity contribution in [2.45, 2.75) is 25.9 Å². The lowest BCUT2D eigenvalue weighted by Gasteiger charge is -2.24. The molecule has 0 saturated heterocycles. The molecular formula is C12H17F2NO. The maximum absolute atomic E-state index is 13.4. The minimum absolute atomic E-state index is 0.131. The molecule has 1 aromatic carbocycles. The molecule has 1 rings (SSSR count). The third-order valence-electron chi connectivity index (χ3n) is 2.55. The summed E-state index contributed by atoms with van der Waals surface area (Å²) in [6, 6.07) is 3.23. The van der Waals surface area contributed by atoms with Crippen molar-refractivity contribution in [1.29, 1.82) is 0 Å². The predicted octanol–water partition coefficient (Wildman–Crippen LogP) is 2.17. The van der Waals surface area contributed by atoms with Crippen LogP contribution in [0.15, 0.2) is 18.2 Å². The molecule has 1 aromatic rings. The first-order valence-corrected chi connectivity index (χ1v) is 5.36. The quantitative estimate of drug-likeness (QED) is 0.758. The van der Waals surface area contributed by atoms with E-state index in [0.29, 0.717) is 13.0 Å². The van der Waals surface area contributed by atoms with Gasteiger partial charge in [0.1, 0.15) is 11.6 Å². The summed E-state index contributed by atoms with van der Waals surface area (Å²) in [6.07, 6.45) is 0.378. The van der Waals surface area contributed by atoms with Crippen LogP contribution in [0.4, 0.5) is 8.78 Å². The van der Waals surface area contributed by atoms with Crippen LogP contribution in [0.1, 0.15) is 25.8 Å². The minimum Gasteiger partial charge on any atom is -0.385 e. The molecule has 0 aliphatic heterocycles. The van der Waals surface area contributed by atoms with E-state index in [9.17, 15) is 13.9 Å². The van der Waals surface area contributed by atoms with Gasteiger partial charge in [0.15, 0.2) is 0 Å². The molecule has 2 nitrogen and oxygen atoms in total. The first-order chi connectivity index (χ1) is 7.47. The van der Waals surface area contributed by atoms with E-state index in [1.54, 1.807) is 0 Å². The average Bonchev–Trinajstić information content (AvgIpc) is 2.17. The molecule has 0 aliphatic carbocycles. The standard InChI is InChI=1S/C12H17F2NO/c1-3-15-7-6-12(2,16)10-5-4-9(13)8-11(10)14/h4-5,8,15-16H,3,6-7H2,1-2H3. The van der Waals surface area contributed by atoms with Crippen LogP contribution in [0, 0.1) is 11.6 Å². The monoisotopic (exact) mass is 229 g/mol. The maximum atomic E-state index is 13.4. The van der Waals surface area contributed by atoms with Gasteiger partial charge in [-0.05, 0) is 32.5 Å². The van der Waals surface area contributed by atoms with Gasteiger partial charge in [0.25, 0.3) is 0 Å². The molecule has 4 heteroatoms. The second-order valence-corrected chi connectivity index (χ2v) is 4.00. The zero-order chi connectivity index (χ0) is 12.2. The molecule has 0 aromatic heterocycles. The highest BCUT2D eigenvalue weighted by Crippen LogP contribution is 2.26. The lowest BCUT2D eigenvalue weighted by molar-refractivity contribution is 0.0444. The summed E-state index contributed by atoms with van der Waals surface area (Å²) in [5, 5.41) is 13.1. The number of nitrogens with one attached hydrogen (secondary N) is 1. The van der Waals surface area contributed by atoms with Gasteiger partial charge in [0.05, 0.1) is 5.60 Å². The molecule has 0 saturated carbocycles. The summed E-state index contributed by atoms with van der Waals surface area (Å²) < 4.78 is 26.1. The van der Waals surface area contributed by atoms with Gasteiger partial charge in [-0.2, -0.15) is 0 Å². The summed E-state index contributed by atoms with van der Waals surface area (Å²) in [6.45, 7) is 4.86. The van der Waals surface area contributed by atoms with Crippen LogP contribution >= 0.6 is 0 Å². The Bertz CT molecular complexity index is 353. The average molecular weight is 229 g/mol. The third kappa shape index (κ3) is 3.25. The molecule has 16 heavy (non-hydrogen) atoms. The highest BCUT2D eigenvalue weighted by atomic mass is 19.1. The van der Waals surface area contributed by atoms with Crippen LogP contribution in [-0.2, 0) is 5.60 Å². The van der Waals surface area contributed by atoms with E-state index in [-0.39, 0.29) is 5.56 Å². The maximum Gasteiger partial charge on any atom is 0.132 e. The van der Waals surface area contributed by atoms with E-state index in [2.05, 4.69) is 5.32 Å². The van der Waals surface area contributed by atoms with Crippen molar-refractivity contribution >= 4 is 0 Å². The molecule has 0 radical (unpaired) electrons. The minimum atomic E-state index is -1.28. The number of rotatable bonds is 5. The van der Waals surface area contributed by atoms with Crippen LogP contribution in [0.5, 0.6) is 0 Å². The molecule has 2 N–H and O–H groups in total. The van der Waals surface area contributed by atoms with Gasteiger partial charge < -0.3 is 10.4 Å². The summed E-state index contributed by atoms with van der Waals surface area (Å²) in [5.74, 6) is -1.34. The first-order valence-electron chi connectivity index (χ1n) is 5.36. The number of benzene rings is 1. The fourth-order valence-corrected chi connectivity index (χ4v) is 1.57. The summed E-state index contributed by atoms with van der Waals surface area (Å²) in [5.41, 5.74) is -1.15. The highest BCUT2D eigenvalue weighted by molar-refractivity contribution is 5.24. The number of hydrogen-bond donors (Lipinski definition) is 2. The Morgan fingerprint density at radius 2 is 2.06 bits per heavy atom. The normalized spacial score (nSPS) is 14.8. The van der Waals surface area contributed by atoms with E-state index in [0.717, 1.165) is 18.7 Å². The van der Waals surface area contributed by atoms with Crippen molar-refractivity contribution in [2.24, 2.45) is 0 Å².